The molecule has 0 aromatic heterocycles. The minimum Gasteiger partial charge on any atom is -0.397 e. The third-order valence-corrected chi connectivity index (χ3v) is 2.51. The first-order chi connectivity index (χ1) is 8.41. The van der Waals surface area contributed by atoms with Gasteiger partial charge in [0.1, 0.15) is 0 Å². The Balaban J connectivity index is 2.88. The van der Waals surface area contributed by atoms with Crippen LogP contribution in [-0.2, 0) is 0 Å². The normalized spacial score (nSPS) is 9.78. The number of benzene rings is 1. The Bertz CT molecular complexity index is 460. The van der Waals surface area contributed by atoms with Gasteiger partial charge in [-0.3, -0.25) is 4.79 Å². The van der Waals surface area contributed by atoms with Crippen LogP contribution in [0.3, 0.4) is 0 Å². The molecule has 1 amide bonds. The van der Waals surface area contributed by atoms with Crippen LogP contribution in [0.4, 0.5) is 11.4 Å². The van der Waals surface area contributed by atoms with Gasteiger partial charge in [-0.05, 0) is 32.0 Å². The average molecular weight is 247 g/mol. The highest BCUT2D eigenvalue weighted by atomic mass is 16.2. The van der Waals surface area contributed by atoms with Gasteiger partial charge >= 0.3 is 0 Å². The summed E-state index contributed by atoms with van der Waals surface area (Å²) < 4.78 is 0. The molecular weight excluding hydrogens is 226 g/mol. The van der Waals surface area contributed by atoms with Crippen molar-refractivity contribution in [3.05, 3.63) is 35.4 Å². The second-order valence-corrected chi connectivity index (χ2v) is 4.66. The molecule has 0 atom stereocenters. The van der Waals surface area contributed by atoms with Crippen molar-refractivity contribution >= 4 is 17.3 Å². The number of nitrogens with two attached hydrogens (primary N) is 1. The molecule has 0 saturated heterocycles. The van der Waals surface area contributed by atoms with Crippen molar-refractivity contribution < 1.29 is 4.79 Å². The van der Waals surface area contributed by atoms with E-state index in [1.165, 1.54) is 5.57 Å². The third kappa shape index (κ3) is 3.80. The molecule has 3 N–H and O–H groups in total. The van der Waals surface area contributed by atoms with Crippen LogP contribution in [0.2, 0.25) is 0 Å². The molecule has 98 valence electrons. The van der Waals surface area contributed by atoms with Crippen molar-refractivity contribution in [1.82, 2.24) is 4.90 Å². The van der Waals surface area contributed by atoms with Crippen LogP contribution in [0, 0.1) is 0 Å². The van der Waals surface area contributed by atoms with Crippen LogP contribution < -0.4 is 11.1 Å². The summed E-state index contributed by atoms with van der Waals surface area (Å²) >= 11 is 0. The maximum atomic E-state index is 11.8. The zero-order valence-corrected chi connectivity index (χ0v) is 11.4. The van der Waals surface area contributed by atoms with Crippen molar-refractivity contribution in [2.75, 3.05) is 31.7 Å². The highest BCUT2D eigenvalue weighted by molar-refractivity contribution is 5.95. The molecule has 0 aliphatic carbocycles. The van der Waals surface area contributed by atoms with Gasteiger partial charge in [0.05, 0.1) is 11.4 Å². The summed E-state index contributed by atoms with van der Waals surface area (Å²) in [7, 11) is 3.46. The summed E-state index contributed by atoms with van der Waals surface area (Å²) in [4.78, 5) is 13.4. The fourth-order valence-electron chi connectivity index (χ4n) is 1.47. The van der Waals surface area contributed by atoms with Gasteiger partial charge in [0.25, 0.3) is 5.91 Å². The first-order valence-electron chi connectivity index (χ1n) is 5.90. The minimum atomic E-state index is -0.0275. The van der Waals surface area contributed by atoms with Crippen molar-refractivity contribution in [1.29, 1.82) is 0 Å². The van der Waals surface area contributed by atoms with E-state index in [2.05, 4.69) is 11.4 Å². The summed E-state index contributed by atoms with van der Waals surface area (Å²) in [6.45, 7) is 4.78. The number of carbonyl (C=O) groups is 1. The Morgan fingerprint density at radius 3 is 2.61 bits per heavy atom. The van der Waals surface area contributed by atoms with Gasteiger partial charge in [-0.15, -0.1) is 0 Å². The van der Waals surface area contributed by atoms with E-state index in [9.17, 15) is 4.79 Å². The smallest absolute Gasteiger partial charge is 0.253 e. The molecule has 4 nitrogen and oxygen atoms in total. The summed E-state index contributed by atoms with van der Waals surface area (Å²) in [6.07, 6.45) is 2.07. The van der Waals surface area contributed by atoms with Gasteiger partial charge in [0.2, 0.25) is 0 Å². The number of rotatable bonds is 4. The van der Waals surface area contributed by atoms with E-state index in [-0.39, 0.29) is 5.91 Å². The molecule has 0 fully saturated rings. The highest BCUT2D eigenvalue weighted by Crippen LogP contribution is 2.20. The number of amides is 1. The largest absolute Gasteiger partial charge is 0.397 e. The molecule has 1 aromatic carbocycles. The lowest BCUT2D eigenvalue weighted by Crippen LogP contribution is -2.21. The lowest BCUT2D eigenvalue weighted by molar-refractivity contribution is 0.0827. The maximum absolute atomic E-state index is 11.8. The number of allylic oxidation sites excluding steroid dienone is 1. The molecule has 4 heteroatoms. The number of hydrogen-bond acceptors (Lipinski definition) is 3. The minimum absolute atomic E-state index is 0.0275. The lowest BCUT2D eigenvalue weighted by atomic mass is 10.1. The molecular formula is C14H21N3O. The van der Waals surface area contributed by atoms with Gasteiger partial charge in [-0.1, -0.05) is 11.6 Å². The van der Waals surface area contributed by atoms with Gasteiger partial charge < -0.3 is 16.0 Å². The number of nitrogens with one attached hydrogen (secondary N) is 1. The molecule has 0 bridgehead atoms. The molecule has 1 rings (SSSR count). The number of anilines is 2. The highest BCUT2D eigenvalue weighted by Gasteiger charge is 2.09. The van der Waals surface area contributed by atoms with Crippen LogP contribution >= 0.6 is 0 Å². The van der Waals surface area contributed by atoms with Crippen LogP contribution in [0.5, 0.6) is 0 Å². The Kier molecular flexibility index (Phi) is 4.77. The van der Waals surface area contributed by atoms with Crippen molar-refractivity contribution in [3.8, 4) is 0 Å². The van der Waals surface area contributed by atoms with Crippen molar-refractivity contribution in [2.45, 2.75) is 13.8 Å². The molecule has 0 aliphatic heterocycles. The van der Waals surface area contributed by atoms with Gasteiger partial charge in [-0.25, -0.2) is 0 Å². The maximum Gasteiger partial charge on any atom is 0.253 e. The zero-order chi connectivity index (χ0) is 13.7. The van der Waals surface area contributed by atoms with Crippen LogP contribution in [0.1, 0.15) is 24.2 Å². The molecule has 0 radical (unpaired) electrons. The summed E-state index contributed by atoms with van der Waals surface area (Å²) in [6, 6.07) is 5.28. The predicted molar refractivity (Wildman–Crippen MR) is 76.8 cm³/mol. The average Bonchev–Trinajstić information content (AvgIpc) is 2.30. The number of hydrogen-bond donors (Lipinski definition) is 2. The van der Waals surface area contributed by atoms with E-state index in [4.69, 9.17) is 5.73 Å². The number of nitrogen functional groups attached to an aromatic ring is 1. The number of carbonyl (C=O) groups excluding carboxylic acids is 1. The molecule has 0 saturated carbocycles. The number of nitrogens with zero attached hydrogens (tertiary/aromatic N) is 1. The fraction of sp³-hybridized carbons (Fsp3) is 0.357. The van der Waals surface area contributed by atoms with Gasteiger partial charge in [0.15, 0.2) is 0 Å². The predicted octanol–water partition coefficient (Wildman–Crippen LogP) is 2.35. The van der Waals surface area contributed by atoms with Crippen LogP contribution in [0.15, 0.2) is 29.8 Å². The Hall–Kier alpha value is -1.97. The fourth-order valence-corrected chi connectivity index (χ4v) is 1.47. The lowest BCUT2D eigenvalue weighted by Gasteiger charge is -2.13. The van der Waals surface area contributed by atoms with Gasteiger partial charge in [0, 0.05) is 26.2 Å². The van der Waals surface area contributed by atoms with Gasteiger partial charge in [-0.2, -0.15) is 0 Å². The first kappa shape index (κ1) is 14.1. The zero-order valence-electron chi connectivity index (χ0n) is 11.4. The molecule has 0 aliphatic rings. The Morgan fingerprint density at radius 1 is 1.39 bits per heavy atom. The first-order valence-corrected chi connectivity index (χ1v) is 5.90. The molecule has 1 aromatic rings. The van der Waals surface area contributed by atoms with E-state index in [1.54, 1.807) is 37.2 Å². The Morgan fingerprint density at radius 2 is 2.06 bits per heavy atom. The van der Waals surface area contributed by atoms with E-state index >= 15 is 0 Å². The molecule has 0 spiro atoms. The van der Waals surface area contributed by atoms with E-state index in [0.717, 1.165) is 5.69 Å². The van der Waals surface area contributed by atoms with Crippen LogP contribution in [-0.4, -0.2) is 31.4 Å². The summed E-state index contributed by atoms with van der Waals surface area (Å²) in [5, 5.41) is 3.21. The Labute approximate surface area is 108 Å². The second kappa shape index (κ2) is 6.10. The van der Waals surface area contributed by atoms with E-state index in [0.29, 0.717) is 17.8 Å². The topological polar surface area (TPSA) is 58.4 Å². The van der Waals surface area contributed by atoms with Crippen LogP contribution in [0.25, 0.3) is 0 Å². The summed E-state index contributed by atoms with van der Waals surface area (Å²) in [5.41, 5.74) is 9.18. The van der Waals surface area contributed by atoms with E-state index in [1.807, 2.05) is 13.8 Å². The second-order valence-electron chi connectivity index (χ2n) is 4.66. The SMILES string of the molecule is CC(C)=CCNc1cc(C(=O)N(C)C)ccc1N. The molecule has 18 heavy (non-hydrogen) atoms. The monoisotopic (exact) mass is 247 g/mol. The van der Waals surface area contributed by atoms with E-state index < -0.39 is 0 Å². The quantitative estimate of drug-likeness (QED) is 0.634. The third-order valence-electron chi connectivity index (χ3n) is 2.51. The molecule has 0 heterocycles. The summed E-state index contributed by atoms with van der Waals surface area (Å²) in [5.74, 6) is -0.0275. The molecule has 0 unspecified atom stereocenters. The van der Waals surface area contributed by atoms with Crippen molar-refractivity contribution in [2.24, 2.45) is 0 Å². The van der Waals surface area contributed by atoms with Crippen molar-refractivity contribution in [3.63, 3.8) is 0 Å². The standard InChI is InChI=1S/C14H21N3O/c1-10(2)7-8-16-13-9-11(5-6-12(13)15)14(18)17(3)4/h5-7,9,16H,8,15H2,1-4H3.